The molecule has 0 amide bonds. The Morgan fingerprint density at radius 2 is 1.95 bits per heavy atom. The van der Waals surface area contributed by atoms with Crippen LogP contribution in [0.2, 0.25) is 0 Å². The number of nitrogens with one attached hydrogen (secondary N) is 1. The monoisotopic (exact) mass is 359 g/mol. The van der Waals surface area contributed by atoms with Crippen molar-refractivity contribution in [2.45, 2.75) is 6.18 Å². The van der Waals surface area contributed by atoms with Gasteiger partial charge in [0.1, 0.15) is 11.6 Å². The lowest BCUT2D eigenvalue weighted by Gasteiger charge is -2.14. The van der Waals surface area contributed by atoms with Gasteiger partial charge in [0.25, 0.3) is 5.56 Å². The van der Waals surface area contributed by atoms with Gasteiger partial charge in [0.15, 0.2) is 0 Å². The predicted octanol–water partition coefficient (Wildman–Crippen LogP) is 2.18. The van der Waals surface area contributed by atoms with Crippen LogP contribution in [-0.4, -0.2) is 9.55 Å². The summed E-state index contributed by atoms with van der Waals surface area (Å²) in [5, 5.41) is 8.74. The van der Waals surface area contributed by atoms with Crippen molar-refractivity contribution < 1.29 is 13.2 Å². The van der Waals surface area contributed by atoms with Gasteiger partial charge in [-0.15, -0.1) is 0 Å². The molecule has 1 heterocycles. The summed E-state index contributed by atoms with van der Waals surface area (Å²) >= 11 is 2.92. The van der Waals surface area contributed by atoms with Crippen molar-refractivity contribution in [3.05, 3.63) is 60.8 Å². The average Bonchev–Trinajstić information content (AvgIpc) is 2.38. The van der Waals surface area contributed by atoms with E-state index in [2.05, 4.69) is 15.9 Å². The van der Waals surface area contributed by atoms with Gasteiger partial charge in [0.2, 0.25) is 0 Å². The number of aromatic amines is 1. The van der Waals surface area contributed by atoms with Gasteiger partial charge in [0, 0.05) is 10.7 Å². The van der Waals surface area contributed by atoms with Gasteiger partial charge in [-0.25, -0.2) is 4.79 Å². The maximum Gasteiger partial charge on any atom is 0.418 e. The normalized spacial score (nSPS) is 11.2. The van der Waals surface area contributed by atoms with E-state index < -0.39 is 34.2 Å². The van der Waals surface area contributed by atoms with Crippen molar-refractivity contribution in [3.8, 4) is 11.8 Å². The van der Waals surface area contributed by atoms with Gasteiger partial charge in [-0.05, 0) is 18.2 Å². The van der Waals surface area contributed by atoms with Crippen LogP contribution in [0, 0.1) is 11.3 Å². The van der Waals surface area contributed by atoms with Crippen molar-refractivity contribution in [2.24, 2.45) is 0 Å². The quantitative estimate of drug-likeness (QED) is 0.847. The molecule has 2 aromatic rings. The van der Waals surface area contributed by atoms with Crippen molar-refractivity contribution in [1.82, 2.24) is 9.55 Å². The van der Waals surface area contributed by atoms with E-state index in [0.29, 0.717) is 4.57 Å². The van der Waals surface area contributed by atoms with E-state index >= 15 is 0 Å². The fourth-order valence-electron chi connectivity index (χ4n) is 1.68. The highest BCUT2D eigenvalue weighted by Gasteiger charge is 2.34. The number of aromatic nitrogens is 2. The Bertz CT molecular complexity index is 862. The van der Waals surface area contributed by atoms with Gasteiger partial charge in [-0.2, -0.15) is 18.4 Å². The highest BCUT2D eigenvalue weighted by molar-refractivity contribution is 9.10. The number of hydrogen-bond acceptors (Lipinski definition) is 3. The molecule has 21 heavy (non-hydrogen) atoms. The highest BCUT2D eigenvalue weighted by Crippen LogP contribution is 2.35. The molecule has 0 bridgehead atoms. The summed E-state index contributed by atoms with van der Waals surface area (Å²) in [7, 11) is 0. The molecule has 0 unspecified atom stereocenters. The molecule has 0 saturated heterocycles. The fourth-order valence-corrected chi connectivity index (χ4v) is 2.04. The third-order valence-electron chi connectivity index (χ3n) is 2.59. The standard InChI is InChI=1S/C12H5BrF3N3O2/c13-7-1-2-9(8(3-7)12(14,15)16)19-5-6(4-17)10(20)18-11(19)21/h1-3,5H,(H,18,20,21). The highest BCUT2D eigenvalue weighted by atomic mass is 79.9. The summed E-state index contributed by atoms with van der Waals surface area (Å²) in [6.45, 7) is 0. The van der Waals surface area contributed by atoms with E-state index in [1.165, 1.54) is 12.1 Å². The summed E-state index contributed by atoms with van der Waals surface area (Å²) in [4.78, 5) is 24.8. The molecule has 0 atom stereocenters. The Labute approximate surface area is 123 Å². The van der Waals surface area contributed by atoms with Crippen LogP contribution >= 0.6 is 15.9 Å². The van der Waals surface area contributed by atoms with Crippen LogP contribution in [0.5, 0.6) is 0 Å². The lowest BCUT2D eigenvalue weighted by atomic mass is 10.1. The minimum absolute atomic E-state index is 0.177. The minimum Gasteiger partial charge on any atom is -0.273 e. The number of hydrogen-bond donors (Lipinski definition) is 1. The molecule has 1 aromatic heterocycles. The number of benzene rings is 1. The molecule has 1 aromatic carbocycles. The zero-order valence-electron chi connectivity index (χ0n) is 10.0. The molecule has 2 rings (SSSR count). The third-order valence-corrected chi connectivity index (χ3v) is 3.08. The number of alkyl halides is 3. The molecule has 1 N–H and O–H groups in total. The smallest absolute Gasteiger partial charge is 0.273 e. The predicted molar refractivity (Wildman–Crippen MR) is 70.1 cm³/mol. The van der Waals surface area contributed by atoms with Gasteiger partial charge in [0.05, 0.1) is 11.3 Å². The largest absolute Gasteiger partial charge is 0.418 e. The van der Waals surface area contributed by atoms with Crippen LogP contribution in [0.1, 0.15) is 11.1 Å². The number of rotatable bonds is 1. The number of nitriles is 1. The van der Waals surface area contributed by atoms with Crippen LogP contribution in [0.25, 0.3) is 5.69 Å². The molecule has 9 heteroatoms. The van der Waals surface area contributed by atoms with E-state index in [4.69, 9.17) is 5.26 Å². The van der Waals surface area contributed by atoms with Gasteiger partial charge < -0.3 is 0 Å². The van der Waals surface area contributed by atoms with E-state index in [1.807, 2.05) is 0 Å². The van der Waals surface area contributed by atoms with Crippen molar-refractivity contribution in [1.29, 1.82) is 5.26 Å². The van der Waals surface area contributed by atoms with Crippen molar-refractivity contribution in [2.75, 3.05) is 0 Å². The molecule has 0 aliphatic heterocycles. The molecule has 0 radical (unpaired) electrons. The van der Waals surface area contributed by atoms with Crippen molar-refractivity contribution in [3.63, 3.8) is 0 Å². The zero-order chi connectivity index (χ0) is 15.8. The first-order valence-corrected chi connectivity index (χ1v) is 6.16. The second-order valence-electron chi connectivity index (χ2n) is 3.94. The molecular formula is C12H5BrF3N3O2. The Morgan fingerprint density at radius 1 is 1.29 bits per heavy atom. The summed E-state index contributed by atoms with van der Waals surface area (Å²) < 4.78 is 39.9. The zero-order valence-corrected chi connectivity index (χ0v) is 11.6. The molecule has 5 nitrogen and oxygen atoms in total. The van der Waals surface area contributed by atoms with Gasteiger partial charge >= 0.3 is 11.9 Å². The van der Waals surface area contributed by atoms with E-state index in [9.17, 15) is 22.8 Å². The number of H-pyrrole nitrogens is 1. The van der Waals surface area contributed by atoms with Crippen LogP contribution < -0.4 is 11.2 Å². The van der Waals surface area contributed by atoms with Crippen LogP contribution in [0.15, 0.2) is 38.5 Å². The summed E-state index contributed by atoms with van der Waals surface area (Å²) in [5.74, 6) is 0. The molecule has 0 saturated carbocycles. The summed E-state index contributed by atoms with van der Waals surface area (Å²) in [6.07, 6.45) is -3.93. The maximum absolute atomic E-state index is 13.0. The first-order valence-electron chi connectivity index (χ1n) is 5.37. The summed E-state index contributed by atoms with van der Waals surface area (Å²) in [5.41, 5.74) is -4.04. The lowest BCUT2D eigenvalue weighted by molar-refractivity contribution is -0.137. The van der Waals surface area contributed by atoms with Crippen LogP contribution in [-0.2, 0) is 6.18 Å². The molecule has 108 valence electrons. The minimum atomic E-state index is -4.71. The lowest BCUT2D eigenvalue weighted by Crippen LogP contribution is -2.31. The van der Waals surface area contributed by atoms with E-state index in [1.54, 1.807) is 4.98 Å². The first-order chi connectivity index (χ1) is 9.74. The summed E-state index contributed by atoms with van der Waals surface area (Å²) in [6, 6.07) is 4.69. The maximum atomic E-state index is 13.0. The molecule has 0 aliphatic carbocycles. The number of nitrogens with zero attached hydrogens (tertiary/aromatic N) is 2. The number of halogens is 4. The fraction of sp³-hybridized carbons (Fsp3) is 0.0833. The first kappa shape index (κ1) is 15.1. The van der Waals surface area contributed by atoms with E-state index in [0.717, 1.165) is 18.3 Å². The Hall–Kier alpha value is -2.34. The van der Waals surface area contributed by atoms with Gasteiger partial charge in [-0.1, -0.05) is 15.9 Å². The average molecular weight is 360 g/mol. The Kier molecular flexibility index (Phi) is 3.74. The van der Waals surface area contributed by atoms with Crippen LogP contribution in [0.3, 0.4) is 0 Å². The molecular weight excluding hydrogens is 355 g/mol. The SMILES string of the molecule is N#Cc1cn(-c2ccc(Br)cc2C(F)(F)F)c(=O)[nH]c1=O. The second kappa shape index (κ2) is 5.21. The van der Waals surface area contributed by atoms with Gasteiger partial charge in [-0.3, -0.25) is 14.3 Å². The molecule has 0 fully saturated rings. The van der Waals surface area contributed by atoms with Crippen LogP contribution in [0.4, 0.5) is 13.2 Å². The Balaban J connectivity index is 2.83. The van der Waals surface area contributed by atoms with Crippen molar-refractivity contribution >= 4 is 15.9 Å². The van der Waals surface area contributed by atoms with E-state index in [-0.39, 0.29) is 4.47 Å². The Morgan fingerprint density at radius 3 is 2.52 bits per heavy atom. The second-order valence-corrected chi connectivity index (χ2v) is 4.86. The third kappa shape index (κ3) is 2.90. The molecule has 0 aliphatic rings. The molecule has 0 spiro atoms. The topological polar surface area (TPSA) is 78.7 Å².